The van der Waals surface area contributed by atoms with Crippen LogP contribution in [-0.2, 0) is 17.5 Å². The van der Waals surface area contributed by atoms with Gasteiger partial charge in [-0.3, -0.25) is 4.90 Å². The molecule has 0 spiro atoms. The molecule has 2 N–H and O–H groups in total. The summed E-state index contributed by atoms with van der Waals surface area (Å²) in [5.74, 6) is 0. The standard InChI is InChI=1S/C26H31N3OS/c1-29(25-13-7-3-8-14-25)20-21-17-23(27-22-11-5-2-6-12-22)19-24(18-21)28-31(30)26-15-9-4-10-16-26/h2,4-6,9-12,15-19,25,27-28H,3,7-8,13-14,20H2,1H3. The Morgan fingerprint density at radius 3 is 2.19 bits per heavy atom. The van der Waals surface area contributed by atoms with Crippen molar-refractivity contribution in [1.29, 1.82) is 0 Å². The third-order valence-electron chi connectivity index (χ3n) is 5.85. The van der Waals surface area contributed by atoms with Crippen molar-refractivity contribution >= 4 is 28.0 Å². The minimum absolute atomic E-state index is 0.648. The van der Waals surface area contributed by atoms with Gasteiger partial charge in [-0.05, 0) is 67.9 Å². The highest BCUT2D eigenvalue weighted by atomic mass is 32.2. The number of hydrogen-bond donors (Lipinski definition) is 2. The van der Waals surface area contributed by atoms with Crippen molar-refractivity contribution in [2.45, 2.75) is 49.6 Å². The number of benzene rings is 3. The number of nitrogens with zero attached hydrogens (tertiary/aromatic N) is 1. The first-order valence-electron chi connectivity index (χ1n) is 11.1. The van der Waals surface area contributed by atoms with Crippen LogP contribution in [0.2, 0.25) is 0 Å². The van der Waals surface area contributed by atoms with Gasteiger partial charge in [-0.2, -0.15) is 0 Å². The van der Waals surface area contributed by atoms with Crippen molar-refractivity contribution in [3.63, 3.8) is 0 Å². The van der Waals surface area contributed by atoms with E-state index in [1.54, 1.807) is 0 Å². The summed E-state index contributed by atoms with van der Waals surface area (Å²) in [6, 6.07) is 26.7. The summed E-state index contributed by atoms with van der Waals surface area (Å²) in [7, 11) is 0.919. The molecule has 162 valence electrons. The van der Waals surface area contributed by atoms with Crippen LogP contribution in [0.1, 0.15) is 37.7 Å². The van der Waals surface area contributed by atoms with Crippen LogP contribution in [-0.4, -0.2) is 22.2 Å². The number of anilines is 3. The van der Waals surface area contributed by atoms with E-state index >= 15 is 0 Å². The summed E-state index contributed by atoms with van der Waals surface area (Å²) >= 11 is 0. The fraction of sp³-hybridized carbons (Fsp3) is 0.308. The lowest BCUT2D eigenvalue weighted by Crippen LogP contribution is -2.32. The van der Waals surface area contributed by atoms with Gasteiger partial charge in [-0.15, -0.1) is 0 Å². The molecule has 0 saturated heterocycles. The molecular weight excluding hydrogens is 402 g/mol. The van der Waals surface area contributed by atoms with Gasteiger partial charge in [-0.1, -0.05) is 55.7 Å². The predicted octanol–water partition coefficient (Wildman–Crippen LogP) is 6.33. The van der Waals surface area contributed by atoms with Crippen molar-refractivity contribution in [2.75, 3.05) is 17.1 Å². The molecule has 1 aliphatic rings. The quantitative estimate of drug-likeness (QED) is 0.436. The highest BCUT2D eigenvalue weighted by Gasteiger charge is 2.18. The van der Waals surface area contributed by atoms with E-state index in [1.165, 1.54) is 37.7 Å². The van der Waals surface area contributed by atoms with Crippen LogP contribution in [0, 0.1) is 0 Å². The van der Waals surface area contributed by atoms with Crippen LogP contribution in [0.5, 0.6) is 0 Å². The predicted molar refractivity (Wildman–Crippen MR) is 131 cm³/mol. The number of hydrogen-bond acceptors (Lipinski definition) is 3. The van der Waals surface area contributed by atoms with Crippen LogP contribution in [0.25, 0.3) is 0 Å². The summed E-state index contributed by atoms with van der Waals surface area (Å²) in [5.41, 5.74) is 4.10. The highest BCUT2D eigenvalue weighted by Crippen LogP contribution is 2.27. The third kappa shape index (κ3) is 6.18. The van der Waals surface area contributed by atoms with Crippen LogP contribution in [0.15, 0.2) is 83.8 Å². The van der Waals surface area contributed by atoms with Gasteiger partial charge in [0, 0.05) is 29.6 Å². The molecule has 1 saturated carbocycles. The van der Waals surface area contributed by atoms with E-state index in [9.17, 15) is 4.21 Å². The summed E-state index contributed by atoms with van der Waals surface area (Å²) in [4.78, 5) is 3.24. The first-order chi connectivity index (χ1) is 15.2. The molecule has 5 heteroatoms. The van der Waals surface area contributed by atoms with Gasteiger partial charge in [0.05, 0.1) is 4.90 Å². The molecule has 1 aliphatic carbocycles. The fourth-order valence-corrected chi connectivity index (χ4v) is 5.11. The zero-order valence-electron chi connectivity index (χ0n) is 18.1. The van der Waals surface area contributed by atoms with E-state index in [1.807, 2.05) is 54.6 Å². The summed E-state index contributed by atoms with van der Waals surface area (Å²) in [5, 5.41) is 3.49. The average molecular weight is 434 g/mol. The second-order valence-corrected chi connectivity index (χ2v) is 9.51. The number of nitrogens with one attached hydrogen (secondary N) is 2. The molecule has 3 aromatic carbocycles. The van der Waals surface area contributed by atoms with Gasteiger partial charge in [-0.25, -0.2) is 4.21 Å². The van der Waals surface area contributed by atoms with Crippen molar-refractivity contribution in [3.05, 3.63) is 84.4 Å². The summed E-state index contributed by atoms with van der Waals surface area (Å²) < 4.78 is 16.0. The largest absolute Gasteiger partial charge is 0.355 e. The van der Waals surface area contributed by atoms with Crippen LogP contribution in [0.3, 0.4) is 0 Å². The van der Waals surface area contributed by atoms with Gasteiger partial charge in [0.2, 0.25) is 0 Å². The normalized spacial score (nSPS) is 15.5. The highest BCUT2D eigenvalue weighted by molar-refractivity contribution is 7.86. The maximum Gasteiger partial charge on any atom is 0.150 e. The molecule has 0 aromatic heterocycles. The SMILES string of the molecule is CN(Cc1cc(Nc2ccccc2)cc(NS(=O)c2ccccc2)c1)C1CCCCC1. The van der Waals surface area contributed by atoms with E-state index in [-0.39, 0.29) is 0 Å². The molecule has 1 fully saturated rings. The summed E-state index contributed by atoms with van der Waals surface area (Å²) in [6.07, 6.45) is 6.57. The van der Waals surface area contributed by atoms with Crippen LogP contribution in [0.4, 0.5) is 17.1 Å². The number of para-hydroxylation sites is 1. The first-order valence-corrected chi connectivity index (χ1v) is 12.2. The topological polar surface area (TPSA) is 44.4 Å². The fourth-order valence-electron chi connectivity index (χ4n) is 4.25. The van der Waals surface area contributed by atoms with Gasteiger partial charge in [0.1, 0.15) is 11.0 Å². The Kier molecular flexibility index (Phi) is 7.39. The van der Waals surface area contributed by atoms with Crippen LogP contribution >= 0.6 is 0 Å². The Bertz CT molecular complexity index is 988. The lowest BCUT2D eigenvalue weighted by molar-refractivity contribution is 0.184. The molecule has 1 unspecified atom stereocenters. The van der Waals surface area contributed by atoms with Crippen molar-refractivity contribution in [1.82, 2.24) is 4.90 Å². The molecular formula is C26H31N3OS. The molecule has 31 heavy (non-hydrogen) atoms. The maximum absolute atomic E-state index is 12.8. The van der Waals surface area contributed by atoms with E-state index in [0.717, 1.165) is 28.5 Å². The van der Waals surface area contributed by atoms with E-state index in [2.05, 4.69) is 46.3 Å². The van der Waals surface area contributed by atoms with E-state index in [0.29, 0.717) is 6.04 Å². The molecule has 3 aromatic rings. The Morgan fingerprint density at radius 2 is 1.48 bits per heavy atom. The second-order valence-electron chi connectivity index (χ2n) is 8.30. The molecule has 4 nitrogen and oxygen atoms in total. The van der Waals surface area contributed by atoms with Gasteiger partial charge < -0.3 is 10.0 Å². The third-order valence-corrected chi connectivity index (χ3v) is 6.97. The minimum Gasteiger partial charge on any atom is -0.355 e. The molecule has 4 rings (SSSR count). The second kappa shape index (κ2) is 10.6. The number of rotatable bonds is 8. The minimum atomic E-state index is -1.31. The van der Waals surface area contributed by atoms with Gasteiger partial charge in [0.15, 0.2) is 0 Å². The monoisotopic (exact) mass is 433 g/mol. The lowest BCUT2D eigenvalue weighted by Gasteiger charge is -2.31. The zero-order chi connectivity index (χ0) is 21.5. The summed E-state index contributed by atoms with van der Waals surface area (Å²) in [6.45, 7) is 0.877. The van der Waals surface area contributed by atoms with Crippen LogP contribution < -0.4 is 10.0 Å². The molecule has 0 amide bonds. The molecule has 1 atom stereocenters. The average Bonchev–Trinajstić information content (AvgIpc) is 2.81. The van der Waals surface area contributed by atoms with Crippen molar-refractivity contribution < 1.29 is 4.21 Å². The Morgan fingerprint density at radius 1 is 0.839 bits per heavy atom. The van der Waals surface area contributed by atoms with Gasteiger partial charge in [0.25, 0.3) is 0 Å². The molecule has 0 radical (unpaired) electrons. The van der Waals surface area contributed by atoms with E-state index < -0.39 is 11.0 Å². The Balaban J connectivity index is 1.56. The molecule has 0 heterocycles. The molecule has 0 aliphatic heterocycles. The first kappa shape index (κ1) is 21.6. The maximum atomic E-state index is 12.8. The van der Waals surface area contributed by atoms with Crippen molar-refractivity contribution in [2.24, 2.45) is 0 Å². The Hall–Kier alpha value is -2.63. The van der Waals surface area contributed by atoms with Gasteiger partial charge >= 0.3 is 0 Å². The Labute approximate surface area is 188 Å². The van der Waals surface area contributed by atoms with E-state index in [4.69, 9.17) is 0 Å². The smallest absolute Gasteiger partial charge is 0.150 e. The lowest BCUT2D eigenvalue weighted by atomic mass is 9.94. The zero-order valence-corrected chi connectivity index (χ0v) is 18.9. The molecule has 0 bridgehead atoms. The van der Waals surface area contributed by atoms with Crippen molar-refractivity contribution in [3.8, 4) is 0 Å².